The zero-order valence-electron chi connectivity index (χ0n) is 15.2. The molecule has 0 aliphatic carbocycles. The molecule has 1 saturated heterocycles. The van der Waals surface area contributed by atoms with Gasteiger partial charge in [0.15, 0.2) is 5.13 Å². The van der Waals surface area contributed by atoms with E-state index < -0.39 is 5.97 Å². The highest BCUT2D eigenvalue weighted by Crippen LogP contribution is 2.31. The van der Waals surface area contributed by atoms with Gasteiger partial charge >= 0.3 is 5.97 Å². The minimum atomic E-state index is -0.930. The van der Waals surface area contributed by atoms with Crippen LogP contribution in [0.2, 0.25) is 5.02 Å². The first-order valence-corrected chi connectivity index (χ1v) is 10.3. The predicted octanol–water partition coefficient (Wildman–Crippen LogP) is 3.85. The summed E-state index contributed by atoms with van der Waals surface area (Å²) in [5, 5.41) is 10.7. The van der Waals surface area contributed by atoms with Gasteiger partial charge in [-0.2, -0.15) is 0 Å². The van der Waals surface area contributed by atoms with E-state index in [9.17, 15) is 4.79 Å². The van der Waals surface area contributed by atoms with Crippen LogP contribution in [0.4, 0.5) is 5.13 Å². The molecule has 0 atom stereocenters. The number of hydrogen-bond acceptors (Lipinski definition) is 6. The molecule has 1 aliphatic heterocycles. The van der Waals surface area contributed by atoms with Crippen LogP contribution in [0.5, 0.6) is 5.75 Å². The summed E-state index contributed by atoms with van der Waals surface area (Å²) in [5.41, 5.74) is 1.26. The van der Waals surface area contributed by atoms with Crippen molar-refractivity contribution in [3.63, 3.8) is 0 Å². The van der Waals surface area contributed by atoms with E-state index in [0.717, 1.165) is 53.1 Å². The summed E-state index contributed by atoms with van der Waals surface area (Å²) in [7, 11) is 0. The lowest BCUT2D eigenvalue weighted by Crippen LogP contribution is -2.47. The number of hydrogen-bond donors (Lipinski definition) is 1. The summed E-state index contributed by atoms with van der Waals surface area (Å²) in [5.74, 6) is -0.239. The van der Waals surface area contributed by atoms with Crippen molar-refractivity contribution < 1.29 is 14.6 Å². The molecule has 1 fully saturated rings. The molecule has 0 spiro atoms. The van der Waals surface area contributed by atoms with Gasteiger partial charge in [0.25, 0.3) is 0 Å². The van der Waals surface area contributed by atoms with Gasteiger partial charge in [0.2, 0.25) is 0 Å². The number of piperazine rings is 1. The highest BCUT2D eigenvalue weighted by molar-refractivity contribution is 7.22. The molecule has 2 heterocycles. The van der Waals surface area contributed by atoms with Gasteiger partial charge < -0.3 is 14.7 Å². The first kappa shape index (κ1) is 19.0. The Morgan fingerprint density at radius 1 is 1.14 bits per heavy atom. The van der Waals surface area contributed by atoms with Crippen molar-refractivity contribution in [3.8, 4) is 5.75 Å². The monoisotopic (exact) mass is 417 g/mol. The maximum atomic E-state index is 10.9. The third-order valence-electron chi connectivity index (χ3n) is 4.76. The SMILES string of the molecule is O=C(O)c1ccc(OCCN2CCN(c3nc4ccc(Cl)cc4s3)CC2)cc1. The number of nitrogens with zero attached hydrogens (tertiary/aromatic N) is 3. The molecule has 3 aromatic rings. The standard InChI is InChI=1S/C20H20ClN3O3S/c21-15-3-6-17-18(13-15)28-20(22-17)24-9-7-23(8-10-24)11-12-27-16-4-1-14(2-5-16)19(25)26/h1-6,13H,7-12H2,(H,25,26). The van der Waals surface area contributed by atoms with Crippen LogP contribution in [-0.2, 0) is 0 Å². The van der Waals surface area contributed by atoms with Crippen molar-refractivity contribution in [2.75, 3.05) is 44.2 Å². The summed E-state index contributed by atoms with van der Waals surface area (Å²) in [6, 6.07) is 12.3. The van der Waals surface area contributed by atoms with E-state index in [1.54, 1.807) is 35.6 Å². The lowest BCUT2D eigenvalue weighted by molar-refractivity contribution is 0.0697. The fourth-order valence-electron chi connectivity index (χ4n) is 3.17. The largest absolute Gasteiger partial charge is 0.492 e. The second-order valence-corrected chi connectivity index (χ2v) is 8.06. The quantitative estimate of drug-likeness (QED) is 0.657. The van der Waals surface area contributed by atoms with Crippen LogP contribution in [0.15, 0.2) is 42.5 Å². The van der Waals surface area contributed by atoms with Crippen LogP contribution in [0.3, 0.4) is 0 Å². The Bertz CT molecular complexity index is 968. The van der Waals surface area contributed by atoms with Crippen LogP contribution in [0, 0.1) is 0 Å². The van der Waals surface area contributed by atoms with E-state index >= 15 is 0 Å². The number of aromatic nitrogens is 1. The molecular formula is C20H20ClN3O3S. The van der Waals surface area contributed by atoms with Gasteiger partial charge in [-0.15, -0.1) is 0 Å². The Hall–Kier alpha value is -2.35. The Labute approximate surface area is 171 Å². The maximum Gasteiger partial charge on any atom is 0.335 e. The summed E-state index contributed by atoms with van der Waals surface area (Å²) < 4.78 is 6.85. The zero-order valence-corrected chi connectivity index (χ0v) is 16.7. The summed E-state index contributed by atoms with van der Waals surface area (Å²) in [6.07, 6.45) is 0. The molecule has 1 aliphatic rings. The molecule has 1 N–H and O–H groups in total. The predicted molar refractivity (Wildman–Crippen MR) is 112 cm³/mol. The highest BCUT2D eigenvalue weighted by atomic mass is 35.5. The smallest absolute Gasteiger partial charge is 0.335 e. The van der Waals surface area contributed by atoms with Gasteiger partial charge in [0.05, 0.1) is 15.8 Å². The molecule has 0 unspecified atom stereocenters. The van der Waals surface area contributed by atoms with Gasteiger partial charge in [0.1, 0.15) is 12.4 Å². The number of benzene rings is 2. The van der Waals surface area contributed by atoms with Crippen molar-refractivity contribution in [1.82, 2.24) is 9.88 Å². The van der Waals surface area contributed by atoms with E-state index in [0.29, 0.717) is 12.4 Å². The van der Waals surface area contributed by atoms with Crippen molar-refractivity contribution in [2.24, 2.45) is 0 Å². The molecule has 4 rings (SSSR count). The molecule has 28 heavy (non-hydrogen) atoms. The van der Waals surface area contributed by atoms with Gasteiger partial charge in [-0.1, -0.05) is 22.9 Å². The number of thiazole rings is 1. The molecular weight excluding hydrogens is 398 g/mol. The van der Waals surface area contributed by atoms with Gasteiger partial charge in [-0.25, -0.2) is 9.78 Å². The van der Waals surface area contributed by atoms with Crippen LogP contribution < -0.4 is 9.64 Å². The minimum Gasteiger partial charge on any atom is -0.492 e. The molecule has 0 bridgehead atoms. The van der Waals surface area contributed by atoms with Crippen LogP contribution in [0.25, 0.3) is 10.2 Å². The lowest BCUT2D eigenvalue weighted by atomic mass is 10.2. The number of ether oxygens (including phenoxy) is 1. The first-order chi connectivity index (χ1) is 13.6. The fraction of sp³-hybridized carbons (Fsp3) is 0.300. The summed E-state index contributed by atoms with van der Waals surface area (Å²) >= 11 is 7.75. The van der Waals surface area contributed by atoms with Crippen molar-refractivity contribution in [2.45, 2.75) is 0 Å². The Morgan fingerprint density at radius 3 is 2.61 bits per heavy atom. The van der Waals surface area contributed by atoms with Crippen LogP contribution in [0.1, 0.15) is 10.4 Å². The van der Waals surface area contributed by atoms with E-state index in [-0.39, 0.29) is 5.56 Å². The number of carbonyl (C=O) groups is 1. The second-order valence-electron chi connectivity index (χ2n) is 6.62. The van der Waals surface area contributed by atoms with Crippen molar-refractivity contribution in [3.05, 3.63) is 53.1 Å². The Kier molecular flexibility index (Phi) is 5.66. The molecule has 0 amide bonds. The van der Waals surface area contributed by atoms with E-state index in [4.69, 9.17) is 26.4 Å². The average Bonchev–Trinajstić information content (AvgIpc) is 3.12. The molecule has 8 heteroatoms. The summed E-state index contributed by atoms with van der Waals surface area (Å²) in [6.45, 7) is 5.19. The number of carboxylic acid groups (broad SMARTS) is 1. The average molecular weight is 418 g/mol. The van der Waals surface area contributed by atoms with Crippen LogP contribution in [-0.4, -0.2) is 60.3 Å². The molecule has 6 nitrogen and oxygen atoms in total. The number of carboxylic acids is 1. The minimum absolute atomic E-state index is 0.264. The highest BCUT2D eigenvalue weighted by Gasteiger charge is 2.19. The van der Waals surface area contributed by atoms with E-state index in [1.165, 1.54) is 0 Å². The fourth-order valence-corrected chi connectivity index (χ4v) is 4.46. The van der Waals surface area contributed by atoms with Gasteiger partial charge in [-0.3, -0.25) is 4.90 Å². The number of rotatable bonds is 6. The number of halogens is 1. The van der Waals surface area contributed by atoms with Crippen molar-refractivity contribution >= 4 is 44.3 Å². The lowest BCUT2D eigenvalue weighted by Gasteiger charge is -2.34. The van der Waals surface area contributed by atoms with E-state index in [1.807, 2.05) is 18.2 Å². The number of anilines is 1. The van der Waals surface area contributed by atoms with E-state index in [2.05, 4.69) is 9.80 Å². The second kappa shape index (κ2) is 8.34. The number of fused-ring (bicyclic) bond motifs is 1. The first-order valence-electron chi connectivity index (χ1n) is 9.08. The third-order valence-corrected chi connectivity index (χ3v) is 6.07. The zero-order chi connectivity index (χ0) is 19.5. The topological polar surface area (TPSA) is 65.9 Å². The molecule has 0 saturated carbocycles. The Morgan fingerprint density at radius 2 is 1.89 bits per heavy atom. The van der Waals surface area contributed by atoms with Gasteiger partial charge in [0, 0.05) is 37.7 Å². The third kappa shape index (κ3) is 4.38. The molecule has 1 aromatic heterocycles. The molecule has 0 radical (unpaired) electrons. The van der Waals surface area contributed by atoms with Crippen LogP contribution >= 0.6 is 22.9 Å². The Balaban J connectivity index is 1.25. The molecule has 2 aromatic carbocycles. The molecule has 146 valence electrons. The van der Waals surface area contributed by atoms with Crippen molar-refractivity contribution in [1.29, 1.82) is 0 Å². The van der Waals surface area contributed by atoms with Gasteiger partial charge in [-0.05, 0) is 42.5 Å². The normalized spacial score (nSPS) is 15.1. The number of aromatic carboxylic acids is 1. The maximum absolute atomic E-state index is 10.9. The summed E-state index contributed by atoms with van der Waals surface area (Å²) in [4.78, 5) is 20.3.